The van der Waals surface area contributed by atoms with Crippen LogP contribution in [0, 0.1) is 0 Å². The van der Waals surface area contributed by atoms with Crippen LogP contribution in [-0.2, 0) is 21.3 Å². The van der Waals surface area contributed by atoms with Crippen molar-refractivity contribution in [3.8, 4) is 0 Å². The molecule has 0 amide bonds. The molecule has 0 aliphatic rings. The molecule has 31 heavy (non-hydrogen) atoms. The Balaban J connectivity index is 1.83. The maximum absolute atomic E-state index is 13.5. The van der Waals surface area contributed by atoms with Gasteiger partial charge in [-0.05, 0) is 73.1 Å². The van der Waals surface area contributed by atoms with Gasteiger partial charge in [0.2, 0.25) is 0 Å². The molecule has 7 nitrogen and oxygen atoms in total. The molecule has 0 fully saturated rings. The summed E-state index contributed by atoms with van der Waals surface area (Å²) in [5.41, 5.74) is 7.01. The fourth-order valence-electron chi connectivity index (χ4n) is 2.85. The molecule has 1 heterocycles. The zero-order chi connectivity index (χ0) is 22.3. The first kappa shape index (κ1) is 23.3. The molecule has 3 N–H and O–H groups in total. The number of rotatable bonds is 10. The zero-order valence-electron chi connectivity index (χ0n) is 16.5. The van der Waals surface area contributed by atoms with Crippen molar-refractivity contribution >= 4 is 44.7 Å². The Labute approximate surface area is 191 Å². The number of benzene rings is 2. The first-order valence-corrected chi connectivity index (χ1v) is 11.7. The SMILES string of the molecule is NCCc1cc(Cl)ccc1S(=O)(=O)N(OCCNc1ccc(Cl)cc1)c1ccccn1. The van der Waals surface area contributed by atoms with Crippen LogP contribution >= 0.6 is 23.2 Å². The highest BCUT2D eigenvalue weighted by Crippen LogP contribution is 2.27. The Kier molecular flexibility index (Phi) is 8.11. The van der Waals surface area contributed by atoms with Gasteiger partial charge in [-0.15, -0.1) is 4.47 Å². The van der Waals surface area contributed by atoms with E-state index in [0.717, 1.165) is 10.2 Å². The van der Waals surface area contributed by atoms with Crippen LogP contribution in [0.2, 0.25) is 10.0 Å². The van der Waals surface area contributed by atoms with Gasteiger partial charge in [-0.3, -0.25) is 4.84 Å². The van der Waals surface area contributed by atoms with E-state index in [4.69, 9.17) is 33.8 Å². The maximum Gasteiger partial charge on any atom is 0.288 e. The molecule has 0 aliphatic carbocycles. The first-order chi connectivity index (χ1) is 14.9. The molecule has 0 aliphatic heterocycles. The highest BCUT2D eigenvalue weighted by atomic mass is 35.5. The number of nitrogens with one attached hydrogen (secondary N) is 1. The highest BCUT2D eigenvalue weighted by molar-refractivity contribution is 7.92. The maximum atomic E-state index is 13.5. The van der Waals surface area contributed by atoms with E-state index in [-0.39, 0.29) is 23.9 Å². The topological polar surface area (TPSA) is 97.6 Å². The van der Waals surface area contributed by atoms with Crippen molar-refractivity contribution in [1.29, 1.82) is 0 Å². The quantitative estimate of drug-likeness (QED) is 0.334. The van der Waals surface area contributed by atoms with Crippen LogP contribution in [0.5, 0.6) is 0 Å². The van der Waals surface area contributed by atoms with Gasteiger partial charge in [0.1, 0.15) is 0 Å². The van der Waals surface area contributed by atoms with Crippen LogP contribution in [0.4, 0.5) is 11.5 Å². The highest BCUT2D eigenvalue weighted by Gasteiger charge is 2.29. The molecule has 0 spiro atoms. The van der Waals surface area contributed by atoms with E-state index in [1.807, 2.05) is 12.1 Å². The predicted molar refractivity (Wildman–Crippen MR) is 124 cm³/mol. The second kappa shape index (κ2) is 10.8. The van der Waals surface area contributed by atoms with Crippen LogP contribution in [0.15, 0.2) is 71.8 Å². The fourth-order valence-corrected chi connectivity index (χ4v) is 4.65. The molecule has 0 unspecified atom stereocenters. The molecule has 0 saturated carbocycles. The number of hydrogen-bond acceptors (Lipinski definition) is 6. The molecule has 3 aromatic rings. The fraction of sp³-hybridized carbons (Fsp3) is 0.190. The lowest BCUT2D eigenvalue weighted by Crippen LogP contribution is -2.34. The van der Waals surface area contributed by atoms with Crippen molar-refractivity contribution in [3.05, 3.63) is 82.5 Å². The van der Waals surface area contributed by atoms with Crippen LogP contribution in [0.3, 0.4) is 0 Å². The minimum Gasteiger partial charge on any atom is -0.383 e. The van der Waals surface area contributed by atoms with Crippen molar-refractivity contribution in [2.24, 2.45) is 5.73 Å². The second-order valence-corrected chi connectivity index (χ2v) is 9.07. The van der Waals surface area contributed by atoms with Gasteiger partial charge >= 0.3 is 0 Å². The average molecular weight is 481 g/mol. The Bertz CT molecular complexity index is 1100. The molecule has 3 rings (SSSR count). The van der Waals surface area contributed by atoms with E-state index in [9.17, 15) is 8.42 Å². The molecule has 164 valence electrons. The van der Waals surface area contributed by atoms with Crippen molar-refractivity contribution in [1.82, 2.24) is 4.98 Å². The lowest BCUT2D eigenvalue weighted by Gasteiger charge is -2.24. The van der Waals surface area contributed by atoms with E-state index in [1.165, 1.54) is 18.3 Å². The smallest absolute Gasteiger partial charge is 0.288 e. The number of nitrogens with zero attached hydrogens (tertiary/aromatic N) is 2. The molecular weight excluding hydrogens is 459 g/mol. The summed E-state index contributed by atoms with van der Waals surface area (Å²) in [6.07, 6.45) is 1.85. The van der Waals surface area contributed by atoms with E-state index >= 15 is 0 Å². The molecule has 10 heteroatoms. The number of anilines is 2. The van der Waals surface area contributed by atoms with Crippen molar-refractivity contribution < 1.29 is 13.3 Å². The number of aromatic nitrogens is 1. The van der Waals surface area contributed by atoms with Gasteiger partial charge in [0, 0.05) is 28.5 Å². The minimum absolute atomic E-state index is 0.0677. The Morgan fingerprint density at radius 2 is 1.77 bits per heavy atom. The van der Waals surface area contributed by atoms with Crippen molar-refractivity contribution in [2.75, 3.05) is 29.5 Å². The zero-order valence-corrected chi connectivity index (χ0v) is 18.9. The number of nitrogens with two attached hydrogens (primary N) is 1. The van der Waals surface area contributed by atoms with E-state index in [2.05, 4.69) is 10.3 Å². The van der Waals surface area contributed by atoms with Gasteiger partial charge < -0.3 is 11.1 Å². The largest absolute Gasteiger partial charge is 0.383 e. The third-order valence-electron chi connectivity index (χ3n) is 4.25. The van der Waals surface area contributed by atoms with E-state index in [0.29, 0.717) is 28.6 Å². The van der Waals surface area contributed by atoms with Crippen LogP contribution in [0.25, 0.3) is 0 Å². The summed E-state index contributed by atoms with van der Waals surface area (Å²) in [5.74, 6) is 0.141. The van der Waals surface area contributed by atoms with Crippen molar-refractivity contribution in [2.45, 2.75) is 11.3 Å². The standard InChI is InChI=1S/C21H22Cl2N4O3S/c22-17-4-7-19(8-5-17)25-13-14-30-27(21-3-1-2-12-26-21)31(28,29)20-9-6-18(23)15-16(20)10-11-24/h1-9,12,15,25H,10-11,13-14,24H2. The molecule has 0 radical (unpaired) electrons. The summed E-state index contributed by atoms with van der Waals surface area (Å²) < 4.78 is 27.8. The van der Waals surface area contributed by atoms with Gasteiger partial charge in [0.05, 0.1) is 11.5 Å². The second-order valence-electron chi connectivity index (χ2n) is 6.48. The van der Waals surface area contributed by atoms with Gasteiger partial charge in [-0.1, -0.05) is 29.3 Å². The molecule has 0 bridgehead atoms. The van der Waals surface area contributed by atoms with Gasteiger partial charge in [0.25, 0.3) is 10.0 Å². The van der Waals surface area contributed by atoms with Gasteiger partial charge in [0.15, 0.2) is 5.82 Å². The Hall–Kier alpha value is -2.36. The summed E-state index contributed by atoms with van der Waals surface area (Å²) in [6, 6.07) is 16.7. The summed E-state index contributed by atoms with van der Waals surface area (Å²) in [7, 11) is -4.09. The minimum atomic E-state index is -4.09. The monoisotopic (exact) mass is 480 g/mol. The number of hydrogen-bond donors (Lipinski definition) is 2. The third kappa shape index (κ3) is 6.09. The number of halogens is 2. The Morgan fingerprint density at radius 3 is 2.45 bits per heavy atom. The van der Waals surface area contributed by atoms with Crippen LogP contribution in [0.1, 0.15) is 5.56 Å². The summed E-state index contributed by atoms with van der Waals surface area (Å²) in [6.45, 7) is 0.702. The molecular formula is C21H22Cl2N4O3S. The lowest BCUT2D eigenvalue weighted by atomic mass is 10.1. The van der Waals surface area contributed by atoms with Crippen molar-refractivity contribution in [3.63, 3.8) is 0 Å². The normalized spacial score (nSPS) is 11.3. The van der Waals surface area contributed by atoms with E-state index < -0.39 is 10.0 Å². The van der Waals surface area contributed by atoms with E-state index in [1.54, 1.807) is 36.4 Å². The molecule has 1 aromatic heterocycles. The molecule has 0 atom stereocenters. The summed E-state index contributed by atoms with van der Waals surface area (Å²) in [5, 5.41) is 4.21. The summed E-state index contributed by atoms with van der Waals surface area (Å²) in [4.78, 5) is 9.90. The third-order valence-corrected chi connectivity index (χ3v) is 6.42. The van der Waals surface area contributed by atoms with Crippen LogP contribution < -0.4 is 15.5 Å². The number of pyridine rings is 1. The summed E-state index contributed by atoms with van der Waals surface area (Å²) >= 11 is 11.9. The molecule has 0 saturated heterocycles. The lowest BCUT2D eigenvalue weighted by molar-refractivity contribution is 0.157. The van der Waals surface area contributed by atoms with Gasteiger partial charge in [-0.25, -0.2) is 4.98 Å². The molecule has 2 aromatic carbocycles. The average Bonchev–Trinajstić information content (AvgIpc) is 2.75. The Morgan fingerprint density at radius 1 is 1.03 bits per heavy atom. The van der Waals surface area contributed by atoms with Crippen LogP contribution in [-0.4, -0.2) is 33.1 Å². The number of sulfonamides is 1. The first-order valence-electron chi connectivity index (χ1n) is 9.49. The predicted octanol–water partition coefficient (Wildman–Crippen LogP) is 4.13. The van der Waals surface area contributed by atoms with Gasteiger partial charge in [-0.2, -0.15) is 8.42 Å².